The molecule has 1 aliphatic heterocycles. The van der Waals surface area contributed by atoms with Crippen LogP contribution in [-0.4, -0.2) is 45.1 Å². The van der Waals surface area contributed by atoms with Crippen molar-refractivity contribution in [3.8, 4) is 17.0 Å². The second kappa shape index (κ2) is 8.46. The van der Waals surface area contributed by atoms with Gasteiger partial charge in [0.25, 0.3) is 0 Å². The Morgan fingerprint density at radius 2 is 1.97 bits per heavy atom. The molecule has 2 fully saturated rings. The fourth-order valence-corrected chi connectivity index (χ4v) is 4.67. The lowest BCUT2D eigenvalue weighted by Crippen LogP contribution is -2.26. The van der Waals surface area contributed by atoms with Gasteiger partial charge in [-0.05, 0) is 50.2 Å². The van der Waals surface area contributed by atoms with E-state index in [1.165, 1.54) is 12.8 Å². The molecule has 1 saturated carbocycles. The second-order valence-electron chi connectivity index (χ2n) is 9.09. The highest BCUT2D eigenvalue weighted by Gasteiger charge is 2.24. The van der Waals surface area contributed by atoms with Crippen molar-refractivity contribution in [2.24, 2.45) is 13.0 Å². The Labute approximate surface area is 183 Å². The van der Waals surface area contributed by atoms with Crippen LogP contribution >= 0.6 is 0 Å². The fourth-order valence-electron chi connectivity index (χ4n) is 4.67. The molecule has 1 aromatic carbocycles. The quantitative estimate of drug-likeness (QED) is 0.654. The van der Waals surface area contributed by atoms with Crippen LogP contribution in [0.5, 0.6) is 5.88 Å². The molecule has 7 nitrogen and oxygen atoms in total. The molecule has 1 N–H and O–H groups in total. The van der Waals surface area contributed by atoms with Gasteiger partial charge in [-0.15, -0.1) is 0 Å². The number of aryl methyl sites for hydroxylation is 2. The molecule has 1 saturated heterocycles. The van der Waals surface area contributed by atoms with Crippen molar-refractivity contribution < 1.29 is 9.47 Å². The van der Waals surface area contributed by atoms with E-state index in [1.807, 2.05) is 24.9 Å². The summed E-state index contributed by atoms with van der Waals surface area (Å²) in [6, 6.07) is 6.71. The lowest BCUT2D eigenvalue weighted by Gasteiger charge is -2.27. The molecule has 164 valence electrons. The van der Waals surface area contributed by atoms with Gasteiger partial charge in [-0.1, -0.05) is 19.1 Å². The third-order valence-electron chi connectivity index (χ3n) is 6.48. The minimum absolute atomic E-state index is 0.0232. The Bertz CT molecular complexity index is 1070. The molecule has 2 aromatic heterocycles. The largest absolute Gasteiger partial charge is 0.471 e. The minimum Gasteiger partial charge on any atom is -0.471 e. The third-order valence-corrected chi connectivity index (χ3v) is 6.48. The van der Waals surface area contributed by atoms with Crippen molar-refractivity contribution in [1.82, 2.24) is 19.7 Å². The number of nitrogens with one attached hydrogen (secondary N) is 1. The average Bonchev–Trinajstić information content (AvgIpc) is 3.37. The lowest BCUT2D eigenvalue weighted by molar-refractivity contribution is 0.138. The Morgan fingerprint density at radius 3 is 2.74 bits per heavy atom. The number of nitrogens with zero attached hydrogens (tertiary/aromatic N) is 4. The predicted molar refractivity (Wildman–Crippen MR) is 121 cm³/mol. The van der Waals surface area contributed by atoms with Crippen LogP contribution in [-0.2, 0) is 11.8 Å². The number of anilines is 1. The normalized spacial score (nSPS) is 23.9. The zero-order valence-electron chi connectivity index (χ0n) is 18.6. The number of hydrogen-bond acceptors (Lipinski definition) is 6. The molecule has 2 aliphatic rings. The van der Waals surface area contributed by atoms with Gasteiger partial charge in [0.2, 0.25) is 11.8 Å². The number of aromatic nitrogens is 4. The molecule has 1 unspecified atom stereocenters. The van der Waals surface area contributed by atoms with E-state index in [9.17, 15) is 0 Å². The topological polar surface area (TPSA) is 74.1 Å². The first kappa shape index (κ1) is 20.2. The van der Waals surface area contributed by atoms with Crippen LogP contribution in [0.15, 0.2) is 24.4 Å². The van der Waals surface area contributed by atoms with Gasteiger partial charge in [0.15, 0.2) is 0 Å². The van der Waals surface area contributed by atoms with Gasteiger partial charge in [0, 0.05) is 31.1 Å². The van der Waals surface area contributed by atoms with Crippen molar-refractivity contribution in [2.45, 2.75) is 58.1 Å². The van der Waals surface area contributed by atoms with Gasteiger partial charge >= 0.3 is 0 Å². The molecule has 0 amide bonds. The fraction of sp³-hybridized carbons (Fsp3) is 0.542. The van der Waals surface area contributed by atoms with E-state index in [4.69, 9.17) is 19.4 Å². The zero-order chi connectivity index (χ0) is 21.4. The van der Waals surface area contributed by atoms with Gasteiger partial charge in [-0.2, -0.15) is 10.1 Å². The van der Waals surface area contributed by atoms with Crippen LogP contribution in [0.25, 0.3) is 22.0 Å². The van der Waals surface area contributed by atoms with Crippen molar-refractivity contribution >= 4 is 16.9 Å². The first-order valence-electron chi connectivity index (χ1n) is 11.4. The molecule has 31 heavy (non-hydrogen) atoms. The van der Waals surface area contributed by atoms with E-state index in [-0.39, 0.29) is 6.10 Å². The Morgan fingerprint density at radius 1 is 1.13 bits per heavy atom. The van der Waals surface area contributed by atoms with E-state index in [0.717, 1.165) is 59.5 Å². The Balaban J connectivity index is 1.50. The smallest absolute Gasteiger partial charge is 0.226 e. The van der Waals surface area contributed by atoms with E-state index in [0.29, 0.717) is 24.5 Å². The van der Waals surface area contributed by atoms with Gasteiger partial charge in [-0.25, -0.2) is 4.98 Å². The Kier molecular flexibility index (Phi) is 5.52. The monoisotopic (exact) mass is 421 g/mol. The van der Waals surface area contributed by atoms with Crippen LogP contribution in [0.2, 0.25) is 0 Å². The van der Waals surface area contributed by atoms with Gasteiger partial charge in [-0.3, -0.25) is 4.68 Å². The van der Waals surface area contributed by atoms with Gasteiger partial charge in [0.05, 0.1) is 30.0 Å². The molecule has 5 rings (SSSR count). The summed E-state index contributed by atoms with van der Waals surface area (Å²) >= 11 is 0. The number of rotatable bonds is 5. The molecule has 1 aliphatic carbocycles. The third kappa shape index (κ3) is 4.37. The first-order chi connectivity index (χ1) is 15.0. The molecule has 3 aromatic rings. The summed E-state index contributed by atoms with van der Waals surface area (Å²) in [5.74, 6) is 2.10. The molecular weight excluding hydrogens is 390 g/mol. The van der Waals surface area contributed by atoms with Crippen LogP contribution in [0.3, 0.4) is 0 Å². The summed E-state index contributed by atoms with van der Waals surface area (Å²) in [5, 5.41) is 9.25. The van der Waals surface area contributed by atoms with Crippen molar-refractivity contribution in [3.63, 3.8) is 0 Å². The maximum Gasteiger partial charge on any atom is 0.226 e. The lowest BCUT2D eigenvalue weighted by atomic mass is 9.87. The average molecular weight is 422 g/mol. The van der Waals surface area contributed by atoms with E-state index < -0.39 is 0 Å². The minimum atomic E-state index is 0.0232. The summed E-state index contributed by atoms with van der Waals surface area (Å²) in [6.07, 6.45) is 7.75. The first-order valence-corrected chi connectivity index (χ1v) is 11.4. The SMILES string of the molecule is Cc1nc(NC2CCC(C)CC2)nc(OC2CCOC2)c1-c1ccc2cn(C)nc2c1. The number of fused-ring (bicyclic) bond motifs is 1. The van der Waals surface area contributed by atoms with Crippen LogP contribution in [0.1, 0.15) is 44.7 Å². The second-order valence-corrected chi connectivity index (χ2v) is 9.09. The molecule has 3 heterocycles. The maximum absolute atomic E-state index is 6.36. The highest BCUT2D eigenvalue weighted by molar-refractivity contribution is 5.85. The number of benzene rings is 1. The number of ether oxygens (including phenoxy) is 2. The van der Waals surface area contributed by atoms with E-state index in [2.05, 4.69) is 35.5 Å². The highest BCUT2D eigenvalue weighted by atomic mass is 16.5. The summed E-state index contributed by atoms with van der Waals surface area (Å²) in [7, 11) is 1.94. The van der Waals surface area contributed by atoms with Crippen molar-refractivity contribution in [1.29, 1.82) is 0 Å². The Hall–Kier alpha value is -2.67. The molecule has 7 heteroatoms. The van der Waals surface area contributed by atoms with Crippen LogP contribution in [0.4, 0.5) is 5.95 Å². The molecule has 0 spiro atoms. The van der Waals surface area contributed by atoms with E-state index >= 15 is 0 Å². The summed E-state index contributed by atoms with van der Waals surface area (Å²) < 4.78 is 13.7. The van der Waals surface area contributed by atoms with Gasteiger partial charge in [0.1, 0.15) is 6.10 Å². The zero-order valence-corrected chi connectivity index (χ0v) is 18.6. The summed E-state index contributed by atoms with van der Waals surface area (Å²) in [5.41, 5.74) is 3.82. The maximum atomic E-state index is 6.36. The predicted octanol–water partition coefficient (Wildman–Crippen LogP) is 4.50. The van der Waals surface area contributed by atoms with Crippen molar-refractivity contribution in [2.75, 3.05) is 18.5 Å². The summed E-state index contributed by atoms with van der Waals surface area (Å²) in [4.78, 5) is 9.67. The van der Waals surface area contributed by atoms with Crippen LogP contribution in [0, 0.1) is 12.8 Å². The van der Waals surface area contributed by atoms with Crippen LogP contribution < -0.4 is 10.1 Å². The molecule has 0 bridgehead atoms. The molecular formula is C24H31N5O2. The van der Waals surface area contributed by atoms with Gasteiger partial charge < -0.3 is 14.8 Å². The standard InChI is InChI=1S/C24H31N5O2/c1-15-4-8-19(9-5-15)26-24-25-16(2)22(23(27-24)31-20-10-11-30-14-20)17-6-7-18-13-29(3)28-21(18)12-17/h6-7,12-13,15,19-20H,4-5,8-11,14H2,1-3H3,(H,25,26,27). The highest BCUT2D eigenvalue weighted by Crippen LogP contribution is 2.35. The van der Waals surface area contributed by atoms with Crippen molar-refractivity contribution in [3.05, 3.63) is 30.1 Å². The summed E-state index contributed by atoms with van der Waals surface area (Å²) in [6.45, 7) is 5.70. The molecule has 0 radical (unpaired) electrons. The molecule has 1 atom stereocenters. The number of hydrogen-bond donors (Lipinski definition) is 1. The van der Waals surface area contributed by atoms with E-state index in [1.54, 1.807) is 0 Å².